The number of hydrogen-bond acceptors (Lipinski definition) is 8. The highest BCUT2D eigenvalue weighted by Gasteiger charge is 2.31. The quantitative estimate of drug-likeness (QED) is 0.406. The lowest BCUT2D eigenvalue weighted by molar-refractivity contribution is -0.385. The Morgan fingerprint density at radius 1 is 1.55 bits per heavy atom. The minimum Gasteiger partial charge on any atom is -0.393 e. The standard InChI is InChI=1S/C11H18N6O3/c1-6-5-16(4-3-8(6)18)10-9(17(19)20)7(2)13-11(14-10)15-12/h6,8,18H,3-5,12H2,1-2H3,(H,13,14,15). The van der Waals surface area contributed by atoms with Crippen LogP contribution >= 0.6 is 0 Å². The average Bonchev–Trinajstić information content (AvgIpc) is 2.40. The lowest BCUT2D eigenvalue weighted by Gasteiger charge is -2.34. The molecule has 2 rings (SSSR count). The highest BCUT2D eigenvalue weighted by atomic mass is 16.6. The van der Waals surface area contributed by atoms with Crippen molar-refractivity contribution in [3.63, 3.8) is 0 Å². The van der Waals surface area contributed by atoms with Crippen molar-refractivity contribution in [3.05, 3.63) is 15.8 Å². The molecule has 9 nitrogen and oxygen atoms in total. The van der Waals surface area contributed by atoms with Crippen LogP contribution in [0.3, 0.4) is 0 Å². The summed E-state index contributed by atoms with van der Waals surface area (Å²) in [4.78, 5) is 20.6. The molecule has 0 bridgehead atoms. The van der Waals surface area contributed by atoms with Crippen molar-refractivity contribution in [2.24, 2.45) is 11.8 Å². The van der Waals surface area contributed by atoms with E-state index in [1.165, 1.54) is 0 Å². The second-order valence-corrected chi connectivity index (χ2v) is 4.99. The molecule has 20 heavy (non-hydrogen) atoms. The fraction of sp³-hybridized carbons (Fsp3) is 0.636. The van der Waals surface area contributed by atoms with Gasteiger partial charge in [0.25, 0.3) is 0 Å². The number of nitrogens with zero attached hydrogens (tertiary/aromatic N) is 4. The third kappa shape index (κ3) is 2.63. The summed E-state index contributed by atoms with van der Waals surface area (Å²) in [6, 6.07) is 0. The van der Waals surface area contributed by atoms with Crippen LogP contribution in [0.1, 0.15) is 19.0 Å². The summed E-state index contributed by atoms with van der Waals surface area (Å²) in [7, 11) is 0. The van der Waals surface area contributed by atoms with E-state index >= 15 is 0 Å². The van der Waals surface area contributed by atoms with Crippen LogP contribution in [0, 0.1) is 23.0 Å². The Hall–Kier alpha value is -2.00. The number of aromatic nitrogens is 2. The number of nitro groups is 1. The Morgan fingerprint density at radius 3 is 2.80 bits per heavy atom. The molecule has 1 aliphatic rings. The number of hydrogen-bond donors (Lipinski definition) is 3. The van der Waals surface area contributed by atoms with E-state index < -0.39 is 4.92 Å². The molecule has 0 aromatic carbocycles. The normalized spacial score (nSPS) is 22.7. The first kappa shape index (κ1) is 14.4. The highest BCUT2D eigenvalue weighted by Crippen LogP contribution is 2.32. The number of nitrogen functional groups attached to an aromatic ring is 1. The van der Waals surface area contributed by atoms with E-state index in [9.17, 15) is 15.2 Å². The molecular formula is C11H18N6O3. The number of nitrogens with two attached hydrogens (primary N) is 1. The molecule has 2 atom stereocenters. The summed E-state index contributed by atoms with van der Waals surface area (Å²) in [5.74, 6) is 5.70. The summed E-state index contributed by atoms with van der Waals surface area (Å²) in [6.07, 6.45) is 0.160. The van der Waals surface area contributed by atoms with Gasteiger partial charge in [0.15, 0.2) is 0 Å². The Balaban J connectivity index is 2.43. The van der Waals surface area contributed by atoms with Crippen molar-refractivity contribution in [2.45, 2.75) is 26.4 Å². The molecule has 0 aliphatic carbocycles. The van der Waals surface area contributed by atoms with Gasteiger partial charge >= 0.3 is 5.69 Å². The Morgan fingerprint density at radius 2 is 2.25 bits per heavy atom. The van der Waals surface area contributed by atoms with Crippen molar-refractivity contribution in [2.75, 3.05) is 23.4 Å². The second kappa shape index (κ2) is 5.55. The first-order valence-corrected chi connectivity index (χ1v) is 6.36. The van der Waals surface area contributed by atoms with Crippen molar-refractivity contribution < 1.29 is 10.0 Å². The van der Waals surface area contributed by atoms with Gasteiger partial charge in [-0.25, -0.2) is 10.8 Å². The number of aliphatic hydroxyl groups is 1. The number of anilines is 2. The molecule has 2 unspecified atom stereocenters. The summed E-state index contributed by atoms with van der Waals surface area (Å²) in [5.41, 5.74) is 2.45. The van der Waals surface area contributed by atoms with E-state index in [0.717, 1.165) is 0 Å². The Labute approximate surface area is 115 Å². The molecule has 9 heteroatoms. The van der Waals surface area contributed by atoms with Gasteiger partial charge < -0.3 is 10.0 Å². The molecule has 0 radical (unpaired) electrons. The maximum atomic E-state index is 11.2. The second-order valence-electron chi connectivity index (χ2n) is 4.99. The monoisotopic (exact) mass is 282 g/mol. The van der Waals surface area contributed by atoms with Crippen LogP contribution in [-0.4, -0.2) is 39.2 Å². The molecule has 1 fully saturated rings. The molecule has 2 heterocycles. The first-order valence-electron chi connectivity index (χ1n) is 6.36. The number of aliphatic hydroxyl groups excluding tert-OH is 1. The SMILES string of the molecule is Cc1nc(NN)nc(N2CCC(O)C(C)C2)c1[N+](=O)[O-]. The molecule has 1 saturated heterocycles. The van der Waals surface area contributed by atoms with Crippen LogP contribution < -0.4 is 16.2 Å². The van der Waals surface area contributed by atoms with Gasteiger partial charge in [-0.05, 0) is 19.3 Å². The van der Waals surface area contributed by atoms with E-state index in [1.807, 2.05) is 6.92 Å². The van der Waals surface area contributed by atoms with Gasteiger partial charge in [-0.2, -0.15) is 4.98 Å². The lowest BCUT2D eigenvalue weighted by atomic mass is 9.97. The smallest absolute Gasteiger partial charge is 0.332 e. The number of piperidine rings is 1. The zero-order valence-corrected chi connectivity index (χ0v) is 11.4. The number of aryl methyl sites for hydroxylation is 1. The lowest BCUT2D eigenvalue weighted by Crippen LogP contribution is -2.42. The summed E-state index contributed by atoms with van der Waals surface area (Å²) < 4.78 is 0. The molecule has 1 aromatic heterocycles. The van der Waals surface area contributed by atoms with Crippen LogP contribution in [0.4, 0.5) is 17.5 Å². The van der Waals surface area contributed by atoms with Crippen LogP contribution in [0.15, 0.2) is 0 Å². The van der Waals surface area contributed by atoms with Gasteiger partial charge in [-0.1, -0.05) is 6.92 Å². The fourth-order valence-electron chi connectivity index (χ4n) is 2.38. The van der Waals surface area contributed by atoms with Crippen LogP contribution in [-0.2, 0) is 0 Å². The maximum absolute atomic E-state index is 11.2. The summed E-state index contributed by atoms with van der Waals surface area (Å²) >= 11 is 0. The topological polar surface area (TPSA) is 130 Å². The zero-order chi connectivity index (χ0) is 14.9. The summed E-state index contributed by atoms with van der Waals surface area (Å²) in [5, 5.41) is 21.0. The molecular weight excluding hydrogens is 264 g/mol. The fourth-order valence-corrected chi connectivity index (χ4v) is 2.38. The van der Waals surface area contributed by atoms with Crippen LogP contribution in [0.5, 0.6) is 0 Å². The van der Waals surface area contributed by atoms with Crippen LogP contribution in [0.25, 0.3) is 0 Å². The van der Waals surface area contributed by atoms with Crippen molar-refractivity contribution >= 4 is 17.5 Å². The molecule has 1 aromatic rings. The maximum Gasteiger partial charge on any atom is 0.332 e. The van der Waals surface area contributed by atoms with Gasteiger partial charge in [0.2, 0.25) is 11.8 Å². The summed E-state index contributed by atoms with van der Waals surface area (Å²) in [6.45, 7) is 4.46. The van der Waals surface area contributed by atoms with Gasteiger partial charge in [0.1, 0.15) is 5.69 Å². The van der Waals surface area contributed by atoms with E-state index in [2.05, 4.69) is 15.4 Å². The molecule has 0 saturated carbocycles. The van der Waals surface area contributed by atoms with Gasteiger partial charge in [-0.3, -0.25) is 15.5 Å². The predicted octanol–water partition coefficient (Wildman–Crippen LogP) is 0.186. The van der Waals surface area contributed by atoms with E-state index in [1.54, 1.807) is 11.8 Å². The van der Waals surface area contributed by atoms with Gasteiger partial charge in [0.05, 0.1) is 11.0 Å². The average molecular weight is 282 g/mol. The van der Waals surface area contributed by atoms with Crippen LogP contribution in [0.2, 0.25) is 0 Å². The minimum atomic E-state index is -0.485. The minimum absolute atomic E-state index is 0.0212. The molecule has 0 amide bonds. The third-order valence-electron chi connectivity index (χ3n) is 3.51. The third-order valence-corrected chi connectivity index (χ3v) is 3.51. The zero-order valence-electron chi connectivity index (χ0n) is 11.4. The Kier molecular flexibility index (Phi) is 4.00. The Bertz CT molecular complexity index is 523. The highest BCUT2D eigenvalue weighted by molar-refractivity contribution is 5.62. The molecule has 4 N–H and O–H groups in total. The van der Waals surface area contributed by atoms with E-state index in [0.29, 0.717) is 19.5 Å². The number of hydrazine groups is 1. The van der Waals surface area contributed by atoms with E-state index in [4.69, 9.17) is 5.84 Å². The van der Waals surface area contributed by atoms with Gasteiger partial charge in [0, 0.05) is 13.1 Å². The van der Waals surface area contributed by atoms with E-state index in [-0.39, 0.29) is 35.2 Å². The van der Waals surface area contributed by atoms with Crippen molar-refractivity contribution in [3.8, 4) is 0 Å². The van der Waals surface area contributed by atoms with Crippen molar-refractivity contribution in [1.82, 2.24) is 9.97 Å². The number of rotatable bonds is 3. The molecule has 1 aliphatic heterocycles. The van der Waals surface area contributed by atoms with Crippen molar-refractivity contribution in [1.29, 1.82) is 0 Å². The first-order chi connectivity index (χ1) is 9.43. The largest absolute Gasteiger partial charge is 0.393 e. The predicted molar refractivity (Wildman–Crippen MR) is 73.2 cm³/mol. The molecule has 110 valence electrons. The number of nitrogens with one attached hydrogen (secondary N) is 1. The van der Waals surface area contributed by atoms with Gasteiger partial charge in [-0.15, -0.1) is 0 Å². The molecule has 0 spiro atoms.